The number of rotatable bonds is 2. The Hall–Kier alpha value is 0.760. The van der Waals surface area contributed by atoms with Gasteiger partial charge in [0.2, 0.25) is 0 Å². The summed E-state index contributed by atoms with van der Waals surface area (Å²) in [5.41, 5.74) is 0.196. The molecule has 0 radical (unpaired) electrons. The molecule has 1 nitrogen and oxygen atoms in total. The first-order chi connectivity index (χ1) is 6.06. The molecule has 0 atom stereocenters. The molecule has 0 aliphatic heterocycles. The highest BCUT2D eigenvalue weighted by Gasteiger charge is 2.15. The minimum absolute atomic E-state index is 0.0204. The van der Waals surface area contributed by atoms with E-state index >= 15 is 0 Å². The Balaban J connectivity index is 3.25. The molecule has 1 heterocycles. The number of hydrogen-bond donors (Lipinski definition) is 0. The molecular formula is C7H4ClF2I2N. The van der Waals surface area contributed by atoms with Crippen LogP contribution in [0.2, 0.25) is 0 Å². The SMILES string of the molecule is FC(F)c1cc(I)c(I)nc1CCl. The van der Waals surface area contributed by atoms with Gasteiger partial charge >= 0.3 is 0 Å². The van der Waals surface area contributed by atoms with Crippen LogP contribution in [0.5, 0.6) is 0 Å². The summed E-state index contributed by atoms with van der Waals surface area (Å²) in [7, 11) is 0. The van der Waals surface area contributed by atoms with Crippen molar-refractivity contribution in [2.24, 2.45) is 0 Å². The lowest BCUT2D eigenvalue weighted by Crippen LogP contribution is -2.00. The molecule has 0 N–H and O–H groups in total. The molecule has 0 aromatic carbocycles. The average molecular weight is 429 g/mol. The first-order valence-corrected chi connectivity index (χ1v) is 5.94. The molecule has 0 spiro atoms. The molecule has 0 saturated carbocycles. The van der Waals surface area contributed by atoms with Crippen molar-refractivity contribution in [3.05, 3.63) is 24.6 Å². The Kier molecular flexibility index (Phi) is 4.56. The summed E-state index contributed by atoms with van der Waals surface area (Å²) >= 11 is 9.46. The van der Waals surface area contributed by atoms with Crippen molar-refractivity contribution < 1.29 is 8.78 Å². The lowest BCUT2D eigenvalue weighted by molar-refractivity contribution is 0.150. The fraction of sp³-hybridized carbons (Fsp3) is 0.286. The molecule has 72 valence electrons. The maximum absolute atomic E-state index is 12.4. The second-order valence-corrected chi connectivity index (χ2v) is 4.68. The van der Waals surface area contributed by atoms with Crippen LogP contribution in [0.25, 0.3) is 0 Å². The monoisotopic (exact) mass is 429 g/mol. The third-order valence-electron chi connectivity index (χ3n) is 1.41. The van der Waals surface area contributed by atoms with Crippen LogP contribution >= 0.6 is 56.8 Å². The van der Waals surface area contributed by atoms with Gasteiger partial charge in [0.05, 0.1) is 11.6 Å². The van der Waals surface area contributed by atoms with Crippen LogP contribution < -0.4 is 0 Å². The summed E-state index contributed by atoms with van der Waals surface area (Å²) in [6.07, 6.45) is -2.51. The van der Waals surface area contributed by atoms with Crippen LogP contribution in [0.1, 0.15) is 17.7 Å². The Labute approximate surface area is 107 Å². The van der Waals surface area contributed by atoms with Gasteiger partial charge in [-0.25, -0.2) is 13.8 Å². The van der Waals surface area contributed by atoms with E-state index < -0.39 is 6.43 Å². The predicted octanol–water partition coefficient (Wildman–Crippen LogP) is 3.97. The minimum Gasteiger partial charge on any atom is -0.244 e. The molecule has 0 unspecified atom stereocenters. The summed E-state index contributed by atoms with van der Waals surface area (Å²) in [6, 6.07) is 1.43. The van der Waals surface area contributed by atoms with Gasteiger partial charge in [-0.15, -0.1) is 11.6 Å². The van der Waals surface area contributed by atoms with Crippen LogP contribution in [0.3, 0.4) is 0 Å². The molecule has 0 aliphatic rings. The number of hydrogen-bond acceptors (Lipinski definition) is 1. The Morgan fingerprint density at radius 3 is 2.54 bits per heavy atom. The second kappa shape index (κ2) is 5.01. The van der Waals surface area contributed by atoms with E-state index in [0.29, 0.717) is 3.70 Å². The highest BCUT2D eigenvalue weighted by molar-refractivity contribution is 14.1. The van der Waals surface area contributed by atoms with Crippen molar-refractivity contribution in [1.82, 2.24) is 4.98 Å². The summed E-state index contributed by atoms with van der Waals surface area (Å²) in [5.74, 6) is 0.0204. The van der Waals surface area contributed by atoms with Crippen LogP contribution in [-0.2, 0) is 5.88 Å². The first-order valence-electron chi connectivity index (χ1n) is 3.25. The van der Waals surface area contributed by atoms with E-state index in [1.54, 1.807) is 0 Å². The molecule has 0 fully saturated rings. The molecule has 0 amide bonds. The predicted molar refractivity (Wildman–Crippen MR) is 64.2 cm³/mol. The topological polar surface area (TPSA) is 12.9 Å². The molecule has 0 bridgehead atoms. The molecule has 0 saturated heterocycles. The summed E-state index contributed by atoms with van der Waals surface area (Å²) in [6.45, 7) is 0. The summed E-state index contributed by atoms with van der Waals surface area (Å²) in [4.78, 5) is 3.98. The van der Waals surface area contributed by atoms with E-state index in [-0.39, 0.29) is 17.1 Å². The Morgan fingerprint density at radius 1 is 1.46 bits per heavy atom. The fourth-order valence-corrected chi connectivity index (χ4v) is 1.93. The third kappa shape index (κ3) is 2.85. The number of pyridine rings is 1. The highest BCUT2D eigenvalue weighted by Crippen LogP contribution is 2.26. The van der Waals surface area contributed by atoms with Gasteiger partial charge in [0.15, 0.2) is 0 Å². The molecule has 1 aromatic rings. The standard InChI is InChI=1S/C7H4ClF2I2N/c8-2-5-3(6(9)10)1-4(11)7(12)13-5/h1,6H,2H2. The zero-order valence-corrected chi connectivity index (χ0v) is 11.3. The van der Waals surface area contributed by atoms with Crippen molar-refractivity contribution in [3.8, 4) is 0 Å². The molecular weight excluding hydrogens is 425 g/mol. The van der Waals surface area contributed by atoms with Crippen LogP contribution in [0, 0.1) is 7.27 Å². The summed E-state index contributed by atoms with van der Waals surface area (Å²) < 4.78 is 26.3. The van der Waals surface area contributed by atoms with Gasteiger partial charge in [0.25, 0.3) is 6.43 Å². The smallest absolute Gasteiger partial charge is 0.244 e. The quantitative estimate of drug-likeness (QED) is 0.394. The van der Waals surface area contributed by atoms with E-state index in [4.69, 9.17) is 11.6 Å². The minimum atomic E-state index is -2.51. The van der Waals surface area contributed by atoms with E-state index in [1.807, 2.05) is 45.2 Å². The van der Waals surface area contributed by atoms with Crippen molar-refractivity contribution in [1.29, 1.82) is 0 Å². The maximum Gasteiger partial charge on any atom is 0.265 e. The Bertz CT molecular complexity index is 320. The van der Waals surface area contributed by atoms with E-state index in [0.717, 1.165) is 3.57 Å². The van der Waals surface area contributed by atoms with Crippen LogP contribution in [0.4, 0.5) is 8.78 Å². The molecule has 6 heteroatoms. The maximum atomic E-state index is 12.4. The van der Waals surface area contributed by atoms with Crippen molar-refractivity contribution >= 4 is 56.8 Å². The second-order valence-electron chi connectivity index (χ2n) is 2.23. The number of aromatic nitrogens is 1. The van der Waals surface area contributed by atoms with Gasteiger partial charge in [-0.2, -0.15) is 0 Å². The molecule has 13 heavy (non-hydrogen) atoms. The first kappa shape index (κ1) is 11.8. The van der Waals surface area contributed by atoms with Crippen molar-refractivity contribution in [2.45, 2.75) is 12.3 Å². The van der Waals surface area contributed by atoms with Gasteiger partial charge < -0.3 is 0 Å². The molecule has 0 aliphatic carbocycles. The Morgan fingerprint density at radius 2 is 2.08 bits per heavy atom. The average Bonchev–Trinajstić information content (AvgIpc) is 2.08. The van der Waals surface area contributed by atoms with E-state index in [2.05, 4.69) is 4.98 Å². The lowest BCUT2D eigenvalue weighted by Gasteiger charge is -2.06. The highest BCUT2D eigenvalue weighted by atomic mass is 127. The number of nitrogens with zero attached hydrogens (tertiary/aromatic N) is 1. The van der Waals surface area contributed by atoms with Crippen LogP contribution in [0.15, 0.2) is 6.07 Å². The van der Waals surface area contributed by atoms with E-state index in [1.165, 1.54) is 6.07 Å². The van der Waals surface area contributed by atoms with Gasteiger partial charge in [-0.05, 0) is 51.2 Å². The third-order valence-corrected chi connectivity index (χ3v) is 4.34. The lowest BCUT2D eigenvalue weighted by atomic mass is 10.2. The van der Waals surface area contributed by atoms with Crippen molar-refractivity contribution in [2.75, 3.05) is 0 Å². The zero-order valence-electron chi connectivity index (χ0n) is 6.20. The van der Waals surface area contributed by atoms with Gasteiger partial charge in [-0.3, -0.25) is 0 Å². The number of halogens is 5. The molecule has 1 aromatic heterocycles. The van der Waals surface area contributed by atoms with Gasteiger partial charge in [-0.1, -0.05) is 0 Å². The zero-order chi connectivity index (χ0) is 10.0. The van der Waals surface area contributed by atoms with Gasteiger partial charge in [0.1, 0.15) is 3.70 Å². The molecule has 1 rings (SSSR count). The number of alkyl halides is 3. The van der Waals surface area contributed by atoms with E-state index in [9.17, 15) is 8.78 Å². The normalized spacial score (nSPS) is 10.9. The summed E-state index contributed by atoms with van der Waals surface area (Å²) in [5, 5.41) is 0. The van der Waals surface area contributed by atoms with Crippen molar-refractivity contribution in [3.63, 3.8) is 0 Å². The largest absolute Gasteiger partial charge is 0.265 e. The van der Waals surface area contributed by atoms with Gasteiger partial charge in [0, 0.05) is 9.13 Å². The fourth-order valence-electron chi connectivity index (χ4n) is 0.812. The van der Waals surface area contributed by atoms with Crippen LogP contribution in [-0.4, -0.2) is 4.98 Å².